The molecule has 1 atom stereocenters. The first kappa shape index (κ1) is 16.2. The maximum atomic E-state index is 11.6. The number of nitriles is 1. The summed E-state index contributed by atoms with van der Waals surface area (Å²) in [6, 6.07) is 5.58. The molecule has 22 heavy (non-hydrogen) atoms. The zero-order chi connectivity index (χ0) is 16.3. The number of nitro benzene ring substituents is 1. The van der Waals surface area contributed by atoms with Crippen molar-refractivity contribution in [2.75, 3.05) is 25.0 Å². The molecule has 0 aliphatic carbocycles. The third-order valence-corrected chi connectivity index (χ3v) is 4.38. The lowest BCUT2D eigenvalue weighted by Gasteiger charge is -2.17. The van der Waals surface area contributed by atoms with E-state index >= 15 is 0 Å². The van der Waals surface area contributed by atoms with Gasteiger partial charge in [0, 0.05) is 25.2 Å². The summed E-state index contributed by atoms with van der Waals surface area (Å²) < 4.78 is 23.3. The number of primary sulfonamides is 1. The van der Waals surface area contributed by atoms with Gasteiger partial charge in [-0.15, -0.1) is 0 Å². The minimum atomic E-state index is -4.09. The standard InChI is InChI=1S/C12H15N5O4S/c13-5-7-16-6-4-9(8-16)15-12-10(17(18)19)2-1-3-11(12)22(14,20)21/h1-3,9,15H,4,6-8H2,(H2,14,20,21)/t9-/m1/s1. The number of para-hydroxylation sites is 1. The van der Waals surface area contributed by atoms with Gasteiger partial charge in [0.1, 0.15) is 10.6 Å². The minimum Gasteiger partial charge on any atom is -0.374 e. The maximum Gasteiger partial charge on any atom is 0.293 e. The van der Waals surface area contributed by atoms with Crippen molar-refractivity contribution in [2.45, 2.75) is 17.4 Å². The molecule has 1 aromatic carbocycles. The van der Waals surface area contributed by atoms with Crippen molar-refractivity contribution < 1.29 is 13.3 Å². The highest BCUT2D eigenvalue weighted by Crippen LogP contribution is 2.32. The zero-order valence-electron chi connectivity index (χ0n) is 11.6. The molecule has 3 N–H and O–H groups in total. The molecule has 1 fully saturated rings. The Bertz CT molecular complexity index is 728. The van der Waals surface area contributed by atoms with Gasteiger partial charge < -0.3 is 5.32 Å². The van der Waals surface area contributed by atoms with E-state index < -0.39 is 14.9 Å². The summed E-state index contributed by atoms with van der Waals surface area (Å²) in [6.07, 6.45) is 0.651. The molecule has 0 radical (unpaired) electrons. The lowest BCUT2D eigenvalue weighted by molar-refractivity contribution is -0.384. The fraction of sp³-hybridized carbons (Fsp3) is 0.417. The normalized spacial score (nSPS) is 18.8. The van der Waals surface area contributed by atoms with Crippen LogP contribution in [0.15, 0.2) is 23.1 Å². The summed E-state index contributed by atoms with van der Waals surface area (Å²) in [4.78, 5) is 12.0. The molecule has 1 heterocycles. The van der Waals surface area contributed by atoms with Crippen LogP contribution in [0.2, 0.25) is 0 Å². The Balaban J connectivity index is 2.34. The lowest BCUT2D eigenvalue weighted by Crippen LogP contribution is -2.27. The van der Waals surface area contributed by atoms with Crippen molar-refractivity contribution in [3.05, 3.63) is 28.3 Å². The second kappa shape index (κ2) is 6.27. The van der Waals surface area contributed by atoms with Crippen molar-refractivity contribution in [3.63, 3.8) is 0 Å². The molecule has 118 valence electrons. The molecule has 10 heteroatoms. The first-order valence-electron chi connectivity index (χ1n) is 6.49. The number of nitrogens with one attached hydrogen (secondary N) is 1. The number of benzene rings is 1. The SMILES string of the molecule is N#CCN1CC[C@@H](Nc2c([N+](=O)[O-])cccc2S(N)(=O)=O)C1. The molecule has 1 aliphatic heterocycles. The van der Waals surface area contributed by atoms with Crippen LogP contribution in [-0.4, -0.2) is 43.9 Å². The molecule has 0 bridgehead atoms. The molecule has 0 unspecified atom stereocenters. The first-order chi connectivity index (χ1) is 10.3. The van der Waals surface area contributed by atoms with E-state index in [2.05, 4.69) is 5.32 Å². The van der Waals surface area contributed by atoms with Gasteiger partial charge in [-0.1, -0.05) is 6.07 Å². The smallest absolute Gasteiger partial charge is 0.293 e. The third-order valence-electron chi connectivity index (χ3n) is 3.42. The van der Waals surface area contributed by atoms with Crippen LogP contribution in [0.3, 0.4) is 0 Å². The number of nitro groups is 1. The van der Waals surface area contributed by atoms with Crippen molar-refractivity contribution in [2.24, 2.45) is 5.14 Å². The van der Waals surface area contributed by atoms with Gasteiger partial charge in [0.2, 0.25) is 10.0 Å². The quantitative estimate of drug-likeness (QED) is 0.449. The number of nitrogens with two attached hydrogens (primary N) is 1. The topological polar surface area (TPSA) is 142 Å². The van der Waals surface area contributed by atoms with Crippen LogP contribution >= 0.6 is 0 Å². The highest BCUT2D eigenvalue weighted by molar-refractivity contribution is 7.89. The predicted octanol–water partition coefficient (Wildman–Crippen LogP) is 0.252. The largest absolute Gasteiger partial charge is 0.374 e. The van der Waals surface area contributed by atoms with Gasteiger partial charge in [0.05, 0.1) is 17.5 Å². The van der Waals surface area contributed by atoms with Crippen LogP contribution in [0.4, 0.5) is 11.4 Å². The average Bonchev–Trinajstić information content (AvgIpc) is 2.85. The average molecular weight is 325 g/mol. The van der Waals surface area contributed by atoms with Crippen molar-refractivity contribution in [3.8, 4) is 6.07 Å². The molecule has 0 saturated carbocycles. The molecule has 0 amide bonds. The van der Waals surface area contributed by atoms with E-state index in [0.29, 0.717) is 19.5 Å². The van der Waals surface area contributed by atoms with Crippen LogP contribution in [-0.2, 0) is 10.0 Å². The first-order valence-corrected chi connectivity index (χ1v) is 8.03. The third kappa shape index (κ3) is 3.51. The molecule has 1 aliphatic rings. The highest BCUT2D eigenvalue weighted by Gasteiger charge is 2.28. The molecular weight excluding hydrogens is 310 g/mol. The van der Waals surface area contributed by atoms with Crippen LogP contribution in [0.25, 0.3) is 0 Å². The van der Waals surface area contributed by atoms with E-state index in [1.54, 1.807) is 0 Å². The number of likely N-dealkylation sites (tertiary alicyclic amines) is 1. The number of anilines is 1. The molecule has 0 spiro atoms. The second-order valence-electron chi connectivity index (χ2n) is 4.98. The van der Waals surface area contributed by atoms with Gasteiger partial charge in [0.25, 0.3) is 5.69 Å². The number of sulfonamides is 1. The van der Waals surface area contributed by atoms with Gasteiger partial charge in [-0.25, -0.2) is 13.6 Å². The number of rotatable bonds is 5. The van der Waals surface area contributed by atoms with Crippen LogP contribution in [0, 0.1) is 21.4 Å². The number of hydrogen-bond donors (Lipinski definition) is 2. The maximum absolute atomic E-state index is 11.6. The Kier molecular flexibility index (Phi) is 4.60. The Labute approximate surface area is 127 Å². The molecule has 1 aromatic rings. The number of hydrogen-bond acceptors (Lipinski definition) is 7. The molecular formula is C12H15N5O4S. The predicted molar refractivity (Wildman–Crippen MR) is 78.6 cm³/mol. The number of nitrogens with zero attached hydrogens (tertiary/aromatic N) is 3. The lowest BCUT2D eigenvalue weighted by atomic mass is 10.2. The zero-order valence-corrected chi connectivity index (χ0v) is 12.4. The minimum absolute atomic E-state index is 0.0983. The summed E-state index contributed by atoms with van der Waals surface area (Å²) in [5.41, 5.74) is -0.441. The van der Waals surface area contributed by atoms with Gasteiger partial charge in [0.15, 0.2) is 0 Å². The summed E-state index contributed by atoms with van der Waals surface area (Å²) >= 11 is 0. The molecule has 9 nitrogen and oxygen atoms in total. The summed E-state index contributed by atoms with van der Waals surface area (Å²) in [7, 11) is -4.09. The Morgan fingerprint density at radius 2 is 2.27 bits per heavy atom. The molecule has 1 saturated heterocycles. The fourth-order valence-corrected chi connectivity index (χ4v) is 3.17. The highest BCUT2D eigenvalue weighted by atomic mass is 32.2. The van der Waals surface area contributed by atoms with E-state index in [-0.39, 0.29) is 28.9 Å². The van der Waals surface area contributed by atoms with Gasteiger partial charge in [-0.3, -0.25) is 15.0 Å². The summed E-state index contributed by atoms with van der Waals surface area (Å²) in [5.74, 6) is 0. The second-order valence-corrected chi connectivity index (χ2v) is 6.51. The van der Waals surface area contributed by atoms with E-state index in [4.69, 9.17) is 10.4 Å². The Morgan fingerprint density at radius 1 is 1.55 bits per heavy atom. The van der Waals surface area contributed by atoms with E-state index in [1.165, 1.54) is 18.2 Å². The van der Waals surface area contributed by atoms with E-state index in [1.807, 2.05) is 11.0 Å². The van der Waals surface area contributed by atoms with Crippen LogP contribution in [0.5, 0.6) is 0 Å². The summed E-state index contributed by atoms with van der Waals surface area (Å²) in [5, 5.41) is 27.8. The summed E-state index contributed by atoms with van der Waals surface area (Å²) in [6.45, 7) is 1.43. The monoisotopic (exact) mass is 325 g/mol. The van der Waals surface area contributed by atoms with E-state index in [0.717, 1.165) is 0 Å². The fourth-order valence-electron chi connectivity index (χ4n) is 2.45. The Hall–Kier alpha value is -2.22. The van der Waals surface area contributed by atoms with Crippen molar-refractivity contribution in [1.29, 1.82) is 5.26 Å². The van der Waals surface area contributed by atoms with Crippen molar-refractivity contribution >= 4 is 21.4 Å². The van der Waals surface area contributed by atoms with Crippen molar-refractivity contribution in [1.82, 2.24) is 4.90 Å². The Morgan fingerprint density at radius 3 is 2.86 bits per heavy atom. The molecule has 2 rings (SSSR count). The van der Waals surface area contributed by atoms with Gasteiger partial charge in [-0.05, 0) is 12.5 Å². The molecule has 0 aromatic heterocycles. The van der Waals surface area contributed by atoms with Crippen LogP contribution < -0.4 is 10.5 Å². The van der Waals surface area contributed by atoms with Gasteiger partial charge in [-0.2, -0.15) is 5.26 Å². The van der Waals surface area contributed by atoms with E-state index in [9.17, 15) is 18.5 Å². The van der Waals surface area contributed by atoms with Crippen LogP contribution in [0.1, 0.15) is 6.42 Å². The van der Waals surface area contributed by atoms with Gasteiger partial charge >= 0.3 is 0 Å².